The molecule has 7 heteroatoms. The molecule has 1 unspecified atom stereocenters. The maximum atomic E-state index is 12.0. The number of rotatable bonds is 7. The first kappa shape index (κ1) is 17.2. The highest BCUT2D eigenvalue weighted by atomic mass is 16.4. The average Bonchev–Trinajstić information content (AvgIpc) is 2.28. The largest absolute Gasteiger partial charge is 0.481 e. The third kappa shape index (κ3) is 6.64. The van der Waals surface area contributed by atoms with Crippen LogP contribution in [0, 0.1) is 0 Å². The predicted octanol–water partition coefficient (Wildman–Crippen LogP) is 0.406. The number of hydrogen-bond donors (Lipinski definition) is 3. The Labute approximate surface area is 113 Å². The van der Waals surface area contributed by atoms with Gasteiger partial charge in [0.1, 0.15) is 6.04 Å². The molecule has 0 heterocycles. The third-order valence-corrected chi connectivity index (χ3v) is 2.54. The molecular weight excluding hydrogens is 250 g/mol. The third-order valence-electron chi connectivity index (χ3n) is 2.54. The Morgan fingerprint density at radius 2 is 1.79 bits per heavy atom. The van der Waals surface area contributed by atoms with Gasteiger partial charge in [0.2, 0.25) is 5.91 Å². The first-order valence-electron chi connectivity index (χ1n) is 6.36. The van der Waals surface area contributed by atoms with Crippen LogP contribution in [0.5, 0.6) is 0 Å². The minimum Gasteiger partial charge on any atom is -0.481 e. The summed E-state index contributed by atoms with van der Waals surface area (Å²) in [6, 6.07) is -1.23. The van der Waals surface area contributed by atoms with Crippen molar-refractivity contribution in [1.82, 2.24) is 15.5 Å². The minimum atomic E-state index is -0.963. The Bertz CT molecular complexity index is 331. The van der Waals surface area contributed by atoms with Gasteiger partial charge in [0.25, 0.3) is 0 Å². The van der Waals surface area contributed by atoms with Crippen molar-refractivity contribution in [3.63, 3.8) is 0 Å². The summed E-state index contributed by atoms with van der Waals surface area (Å²) in [5.41, 5.74) is 0. The van der Waals surface area contributed by atoms with E-state index in [1.165, 1.54) is 4.90 Å². The van der Waals surface area contributed by atoms with Crippen molar-refractivity contribution in [1.29, 1.82) is 0 Å². The molecule has 3 amide bonds. The fourth-order valence-electron chi connectivity index (χ4n) is 1.47. The first-order valence-corrected chi connectivity index (χ1v) is 6.36. The fraction of sp³-hybridized carbons (Fsp3) is 0.750. The lowest BCUT2D eigenvalue weighted by atomic mass is 10.2. The molecule has 0 aliphatic carbocycles. The number of hydrogen-bond acceptors (Lipinski definition) is 3. The van der Waals surface area contributed by atoms with E-state index in [1.54, 1.807) is 27.7 Å². The van der Waals surface area contributed by atoms with Crippen LogP contribution in [0.15, 0.2) is 0 Å². The van der Waals surface area contributed by atoms with Crippen molar-refractivity contribution in [3.05, 3.63) is 0 Å². The van der Waals surface area contributed by atoms with Crippen LogP contribution in [0.4, 0.5) is 4.79 Å². The lowest BCUT2D eigenvalue weighted by molar-refractivity contribution is -0.137. The number of carboxylic acid groups (broad SMARTS) is 1. The summed E-state index contributed by atoms with van der Waals surface area (Å²) in [5, 5.41) is 13.8. The highest BCUT2D eigenvalue weighted by Gasteiger charge is 2.21. The molecule has 0 fully saturated rings. The van der Waals surface area contributed by atoms with Crippen molar-refractivity contribution in [3.8, 4) is 0 Å². The van der Waals surface area contributed by atoms with Crippen LogP contribution in [0.2, 0.25) is 0 Å². The Balaban J connectivity index is 4.47. The number of nitrogens with zero attached hydrogens (tertiary/aromatic N) is 1. The molecule has 0 rings (SSSR count). The molecule has 0 aromatic heterocycles. The summed E-state index contributed by atoms with van der Waals surface area (Å²) >= 11 is 0. The van der Waals surface area contributed by atoms with Gasteiger partial charge in [0, 0.05) is 19.1 Å². The SMILES string of the molecule is CCNC(=O)C(C)NC(=O)N(CCC(=O)O)C(C)C. The molecule has 0 aliphatic rings. The second-order valence-electron chi connectivity index (χ2n) is 4.50. The van der Waals surface area contributed by atoms with Crippen LogP contribution < -0.4 is 10.6 Å². The van der Waals surface area contributed by atoms with Gasteiger partial charge < -0.3 is 20.6 Å². The maximum Gasteiger partial charge on any atom is 0.318 e. The number of nitrogens with one attached hydrogen (secondary N) is 2. The number of aliphatic carboxylic acids is 1. The zero-order chi connectivity index (χ0) is 15.0. The molecule has 7 nitrogen and oxygen atoms in total. The van der Waals surface area contributed by atoms with Crippen LogP contribution in [0.1, 0.15) is 34.1 Å². The molecule has 0 saturated heterocycles. The van der Waals surface area contributed by atoms with Crippen molar-refractivity contribution in [2.24, 2.45) is 0 Å². The number of amides is 3. The standard InChI is InChI=1S/C12H23N3O4/c1-5-13-11(18)9(4)14-12(19)15(8(2)3)7-6-10(16)17/h8-9H,5-7H2,1-4H3,(H,13,18)(H,14,19)(H,16,17). The highest BCUT2D eigenvalue weighted by molar-refractivity contribution is 5.86. The molecule has 0 bridgehead atoms. The van der Waals surface area contributed by atoms with Crippen LogP contribution in [0.3, 0.4) is 0 Å². The molecular formula is C12H23N3O4. The molecule has 0 aliphatic heterocycles. The minimum absolute atomic E-state index is 0.112. The summed E-state index contributed by atoms with van der Waals surface area (Å²) in [4.78, 5) is 35.4. The summed E-state index contributed by atoms with van der Waals surface area (Å²) in [5.74, 6) is -1.23. The lowest BCUT2D eigenvalue weighted by Gasteiger charge is -2.27. The monoisotopic (exact) mass is 273 g/mol. The van der Waals surface area contributed by atoms with E-state index in [0.717, 1.165) is 0 Å². The Hall–Kier alpha value is -1.79. The summed E-state index contributed by atoms with van der Waals surface area (Å²) in [6.45, 7) is 7.56. The van der Waals surface area contributed by atoms with Crippen LogP contribution >= 0.6 is 0 Å². The topological polar surface area (TPSA) is 98.7 Å². The van der Waals surface area contributed by atoms with Gasteiger partial charge in [-0.1, -0.05) is 0 Å². The van der Waals surface area contributed by atoms with E-state index < -0.39 is 18.0 Å². The van der Waals surface area contributed by atoms with Crippen molar-refractivity contribution in [2.75, 3.05) is 13.1 Å². The fourth-order valence-corrected chi connectivity index (χ4v) is 1.47. The van der Waals surface area contributed by atoms with Gasteiger partial charge in [-0.25, -0.2) is 4.79 Å². The second-order valence-corrected chi connectivity index (χ2v) is 4.50. The molecule has 19 heavy (non-hydrogen) atoms. The van der Waals surface area contributed by atoms with E-state index in [4.69, 9.17) is 5.11 Å². The van der Waals surface area contributed by atoms with E-state index in [0.29, 0.717) is 6.54 Å². The first-order chi connectivity index (χ1) is 8.79. The zero-order valence-electron chi connectivity index (χ0n) is 11.9. The van der Waals surface area contributed by atoms with Gasteiger partial charge in [-0.15, -0.1) is 0 Å². The van der Waals surface area contributed by atoms with Gasteiger partial charge >= 0.3 is 12.0 Å². The Morgan fingerprint density at radius 1 is 1.21 bits per heavy atom. The molecule has 0 aromatic rings. The van der Waals surface area contributed by atoms with Crippen molar-refractivity contribution in [2.45, 2.75) is 46.2 Å². The number of urea groups is 1. The maximum absolute atomic E-state index is 12.0. The van der Waals surface area contributed by atoms with Crippen molar-refractivity contribution < 1.29 is 19.5 Å². The van der Waals surface area contributed by atoms with Gasteiger partial charge in [0.15, 0.2) is 0 Å². The van der Waals surface area contributed by atoms with E-state index in [2.05, 4.69) is 10.6 Å². The number of likely N-dealkylation sites (N-methyl/N-ethyl adjacent to an activating group) is 1. The smallest absolute Gasteiger partial charge is 0.318 e. The van der Waals surface area contributed by atoms with Crippen molar-refractivity contribution >= 4 is 17.9 Å². The Morgan fingerprint density at radius 3 is 2.21 bits per heavy atom. The summed E-state index contributed by atoms with van der Waals surface area (Å²) < 4.78 is 0. The van der Waals surface area contributed by atoms with Gasteiger partial charge in [-0.2, -0.15) is 0 Å². The number of carboxylic acids is 1. The Kier molecular flexibility index (Phi) is 7.55. The molecule has 0 spiro atoms. The van der Waals surface area contributed by atoms with Gasteiger partial charge in [-0.05, 0) is 27.7 Å². The number of carbonyl (C=O) groups is 3. The summed E-state index contributed by atoms with van der Waals surface area (Å²) in [6.07, 6.45) is -0.124. The average molecular weight is 273 g/mol. The second kappa shape index (κ2) is 8.34. The van der Waals surface area contributed by atoms with Gasteiger partial charge in [-0.3, -0.25) is 9.59 Å². The molecule has 1 atom stereocenters. The van der Waals surface area contributed by atoms with E-state index >= 15 is 0 Å². The zero-order valence-corrected chi connectivity index (χ0v) is 11.9. The molecule has 3 N–H and O–H groups in total. The molecule has 0 radical (unpaired) electrons. The van der Waals surface area contributed by atoms with Gasteiger partial charge in [0.05, 0.1) is 6.42 Å². The van der Waals surface area contributed by atoms with Crippen LogP contribution in [-0.4, -0.2) is 53.1 Å². The quantitative estimate of drug-likeness (QED) is 0.625. The molecule has 0 aromatic carbocycles. The highest BCUT2D eigenvalue weighted by Crippen LogP contribution is 2.01. The normalized spacial score (nSPS) is 11.8. The summed E-state index contributed by atoms with van der Waals surface area (Å²) in [7, 11) is 0. The molecule has 110 valence electrons. The van der Waals surface area contributed by atoms with Crippen LogP contribution in [-0.2, 0) is 9.59 Å². The van der Waals surface area contributed by atoms with E-state index in [1.807, 2.05) is 0 Å². The predicted molar refractivity (Wildman–Crippen MR) is 70.8 cm³/mol. The lowest BCUT2D eigenvalue weighted by Crippen LogP contribution is -2.52. The number of carbonyl (C=O) groups excluding carboxylic acids is 2. The van der Waals surface area contributed by atoms with Crippen LogP contribution in [0.25, 0.3) is 0 Å². The molecule has 0 saturated carbocycles. The van der Waals surface area contributed by atoms with E-state index in [-0.39, 0.29) is 24.9 Å². The van der Waals surface area contributed by atoms with E-state index in [9.17, 15) is 14.4 Å².